The molecule has 0 saturated carbocycles. The molecule has 0 aromatic heterocycles. The Balaban J connectivity index is -0.0000000800. The van der Waals surface area contributed by atoms with Crippen LogP contribution in [0.4, 0.5) is 0 Å². The molecule has 0 bridgehead atoms. The standard InChI is InChI=1S/C3H7.Na.H2O3S2/c1-3-2;;1-5(2,3)4/h1,3H2,2H3;;(H2,1,2,3,4)/q-1;+1;. The molecular formula is C3H9NaO3S2. The summed E-state index contributed by atoms with van der Waals surface area (Å²) >= 11 is 3.47. The molecule has 0 rings (SSSR count). The molecule has 0 aromatic rings. The van der Waals surface area contributed by atoms with E-state index in [1.165, 1.54) is 0 Å². The summed E-state index contributed by atoms with van der Waals surface area (Å²) < 4.78 is 24.0. The summed E-state index contributed by atoms with van der Waals surface area (Å²) in [6.45, 7) is 5.50. The fourth-order valence-corrected chi connectivity index (χ4v) is 0. The fraction of sp³-hybridized carbons (Fsp3) is 0.667. The molecule has 0 aliphatic heterocycles. The summed E-state index contributed by atoms with van der Waals surface area (Å²) in [5.41, 5.74) is 0. The molecule has 0 heterocycles. The maximum atomic E-state index is 9.11. The van der Waals surface area contributed by atoms with Gasteiger partial charge in [-0.25, -0.2) is 0 Å². The van der Waals surface area contributed by atoms with E-state index in [4.69, 9.17) is 13.3 Å². The van der Waals surface area contributed by atoms with Crippen molar-refractivity contribution in [3.63, 3.8) is 0 Å². The Morgan fingerprint density at radius 2 is 1.67 bits per heavy atom. The van der Waals surface area contributed by atoms with Gasteiger partial charge in [0.25, 0.3) is 9.05 Å². The average Bonchev–Trinajstić information content (AvgIpc) is 1.27. The Kier molecular flexibility index (Phi) is 17.2. The minimum Gasteiger partial charge on any atom is -0.344 e. The summed E-state index contributed by atoms with van der Waals surface area (Å²) in [6.07, 6.45) is 1.00. The second-order valence-corrected chi connectivity index (χ2v) is 3.15. The van der Waals surface area contributed by atoms with Crippen molar-refractivity contribution in [1.82, 2.24) is 0 Å². The molecule has 0 aliphatic carbocycles. The van der Waals surface area contributed by atoms with Gasteiger partial charge in [-0.15, -0.1) is 0 Å². The second kappa shape index (κ2) is 9.29. The van der Waals surface area contributed by atoms with Crippen LogP contribution in [0.1, 0.15) is 13.3 Å². The van der Waals surface area contributed by atoms with Crippen molar-refractivity contribution in [2.75, 3.05) is 0 Å². The van der Waals surface area contributed by atoms with Gasteiger partial charge in [0.15, 0.2) is 0 Å². The molecule has 0 fully saturated rings. The Morgan fingerprint density at radius 3 is 1.67 bits per heavy atom. The van der Waals surface area contributed by atoms with E-state index < -0.39 is 9.05 Å². The summed E-state index contributed by atoms with van der Waals surface area (Å²) in [6, 6.07) is 0. The minimum absolute atomic E-state index is 0. The molecule has 6 heteroatoms. The molecule has 0 amide bonds. The van der Waals surface area contributed by atoms with E-state index in [9.17, 15) is 0 Å². The third-order valence-electron chi connectivity index (χ3n) is 0. The molecule has 0 aliphatic rings. The third-order valence-corrected chi connectivity index (χ3v) is 0. The van der Waals surface area contributed by atoms with Crippen LogP contribution in [0, 0.1) is 6.92 Å². The van der Waals surface area contributed by atoms with Crippen molar-refractivity contribution < 1.29 is 42.9 Å². The van der Waals surface area contributed by atoms with E-state index in [0.717, 1.165) is 6.42 Å². The minimum atomic E-state index is -3.83. The van der Waals surface area contributed by atoms with Crippen molar-refractivity contribution in [1.29, 1.82) is 0 Å². The quantitative estimate of drug-likeness (QED) is 0.331. The summed E-state index contributed by atoms with van der Waals surface area (Å²) in [4.78, 5) is 0. The van der Waals surface area contributed by atoms with Gasteiger partial charge < -0.3 is 6.92 Å². The zero-order valence-electron chi connectivity index (χ0n) is 5.53. The predicted octanol–water partition coefficient (Wildman–Crippen LogP) is -2.09. The van der Waals surface area contributed by atoms with Gasteiger partial charge in [0.05, 0.1) is 0 Å². The Morgan fingerprint density at radius 1 is 1.67 bits per heavy atom. The number of hydrogen-bond donors (Lipinski definition) is 2. The summed E-state index contributed by atoms with van der Waals surface area (Å²) in [5.74, 6) is 0. The Labute approximate surface area is 82.8 Å². The number of rotatable bonds is 0. The second-order valence-electron chi connectivity index (χ2n) is 0.948. The van der Waals surface area contributed by atoms with Crippen LogP contribution >= 0.6 is 0 Å². The molecule has 0 aromatic carbocycles. The van der Waals surface area contributed by atoms with E-state index >= 15 is 0 Å². The van der Waals surface area contributed by atoms with Gasteiger partial charge in [-0.2, -0.15) is 10.6 Å². The normalized spacial score (nSPS) is 8.44. The molecular weight excluding hydrogens is 171 g/mol. The van der Waals surface area contributed by atoms with Crippen LogP contribution in [0.3, 0.4) is 0 Å². The van der Waals surface area contributed by atoms with E-state index in [1.54, 1.807) is 0 Å². The van der Waals surface area contributed by atoms with Crippen LogP contribution in [0.15, 0.2) is 0 Å². The van der Waals surface area contributed by atoms with E-state index in [2.05, 4.69) is 18.1 Å². The van der Waals surface area contributed by atoms with Crippen LogP contribution in [0.5, 0.6) is 0 Å². The van der Waals surface area contributed by atoms with Crippen LogP contribution in [-0.4, -0.2) is 13.3 Å². The molecule has 2 N–H and O–H groups in total. The molecule has 9 heavy (non-hydrogen) atoms. The first-order valence-electron chi connectivity index (χ1n) is 1.91. The number of hydrogen-bond acceptors (Lipinski definition) is 2. The Bertz CT molecular complexity index is 111. The predicted molar refractivity (Wildman–Crippen MR) is 36.4 cm³/mol. The first-order valence-corrected chi connectivity index (χ1v) is 4.30. The molecule has 0 spiro atoms. The van der Waals surface area contributed by atoms with Gasteiger partial charge in [0.2, 0.25) is 0 Å². The van der Waals surface area contributed by atoms with Crippen molar-refractivity contribution in [2.24, 2.45) is 0 Å². The topological polar surface area (TPSA) is 57.5 Å². The van der Waals surface area contributed by atoms with Gasteiger partial charge in [0, 0.05) is 11.2 Å². The van der Waals surface area contributed by atoms with Crippen LogP contribution < -0.4 is 29.6 Å². The SMILES string of the molecule is O=S(O)(O)=S.[CH2-]CC.[Na+]. The first kappa shape index (κ1) is 16.7. The molecule has 0 atom stereocenters. The first-order chi connectivity index (χ1) is 3.41. The zero-order chi connectivity index (χ0) is 7.21. The average molecular weight is 180 g/mol. The maximum absolute atomic E-state index is 9.11. The monoisotopic (exact) mass is 180 g/mol. The summed E-state index contributed by atoms with van der Waals surface area (Å²) in [7, 11) is -3.83. The van der Waals surface area contributed by atoms with Gasteiger partial charge in [-0.3, -0.25) is 9.11 Å². The van der Waals surface area contributed by atoms with Crippen LogP contribution in [0.2, 0.25) is 0 Å². The van der Waals surface area contributed by atoms with Crippen molar-refractivity contribution in [3.8, 4) is 0 Å². The van der Waals surface area contributed by atoms with Crippen molar-refractivity contribution in [3.05, 3.63) is 6.92 Å². The van der Waals surface area contributed by atoms with Gasteiger partial charge in [-0.05, 0) is 0 Å². The Hall–Kier alpha value is 1.29. The molecule has 3 nitrogen and oxygen atoms in total. The molecule has 52 valence electrons. The van der Waals surface area contributed by atoms with Gasteiger partial charge in [0.1, 0.15) is 0 Å². The van der Waals surface area contributed by atoms with E-state index in [1.807, 2.05) is 6.92 Å². The van der Waals surface area contributed by atoms with Crippen LogP contribution in [0.25, 0.3) is 0 Å². The van der Waals surface area contributed by atoms with Crippen molar-refractivity contribution in [2.45, 2.75) is 13.3 Å². The fourth-order valence-electron chi connectivity index (χ4n) is 0. The largest absolute Gasteiger partial charge is 1.00 e. The zero-order valence-corrected chi connectivity index (χ0v) is 9.17. The molecule has 0 saturated heterocycles. The summed E-state index contributed by atoms with van der Waals surface area (Å²) in [5, 5.41) is 0. The smallest absolute Gasteiger partial charge is 0.344 e. The van der Waals surface area contributed by atoms with E-state index in [0.29, 0.717) is 0 Å². The van der Waals surface area contributed by atoms with Crippen LogP contribution in [-0.2, 0) is 20.2 Å². The van der Waals surface area contributed by atoms with Gasteiger partial charge in [-0.1, -0.05) is 6.92 Å². The third kappa shape index (κ3) is 297. The molecule has 0 unspecified atom stereocenters. The maximum Gasteiger partial charge on any atom is 1.00 e. The van der Waals surface area contributed by atoms with Gasteiger partial charge >= 0.3 is 29.6 Å². The van der Waals surface area contributed by atoms with E-state index in [-0.39, 0.29) is 29.6 Å². The van der Waals surface area contributed by atoms with Crippen molar-refractivity contribution >= 4 is 20.2 Å². The molecule has 0 radical (unpaired) electrons.